The molecule has 5 atom stereocenters. The molecule has 2 aromatic rings. The molecule has 1 aromatic carbocycles. The van der Waals surface area contributed by atoms with Crippen LogP contribution in [0.1, 0.15) is 53.6 Å². The Morgan fingerprint density at radius 1 is 1.31 bits per heavy atom. The fourth-order valence-electron chi connectivity index (χ4n) is 7.26. The van der Waals surface area contributed by atoms with Crippen molar-refractivity contribution in [2.24, 2.45) is 5.92 Å². The lowest BCUT2D eigenvalue weighted by molar-refractivity contribution is -0.191. The van der Waals surface area contributed by atoms with Crippen molar-refractivity contribution in [3.8, 4) is 11.5 Å². The normalized spacial score (nSPS) is 37.0. The Bertz CT molecular complexity index is 1100. The molecule has 32 heavy (non-hydrogen) atoms. The molecule has 8 heteroatoms. The van der Waals surface area contributed by atoms with Gasteiger partial charge in [0.15, 0.2) is 11.5 Å². The largest absolute Gasteiger partial charge is 0.504 e. The molecule has 5 aliphatic rings. The van der Waals surface area contributed by atoms with Crippen molar-refractivity contribution in [3.05, 3.63) is 41.2 Å². The number of ether oxygens (including phenoxy) is 1. The number of aliphatic hydroxyl groups is 1. The number of aromatic hydroxyl groups is 1. The zero-order valence-electron chi connectivity index (χ0n) is 17.9. The van der Waals surface area contributed by atoms with Crippen molar-refractivity contribution in [3.63, 3.8) is 0 Å². The maximum atomic E-state index is 12.8. The van der Waals surface area contributed by atoms with Crippen LogP contribution in [0.15, 0.2) is 24.5 Å². The number of piperidine rings is 1. The zero-order valence-corrected chi connectivity index (χ0v) is 17.9. The molecule has 2 bridgehead atoms. The van der Waals surface area contributed by atoms with Gasteiger partial charge in [0, 0.05) is 24.3 Å². The first-order chi connectivity index (χ1) is 15.5. The molecule has 3 aliphatic carbocycles. The predicted molar refractivity (Wildman–Crippen MR) is 115 cm³/mol. The van der Waals surface area contributed by atoms with Crippen molar-refractivity contribution in [2.75, 3.05) is 13.1 Å². The van der Waals surface area contributed by atoms with Crippen LogP contribution in [0.4, 0.5) is 0 Å². The number of likely N-dealkylation sites (tertiary alicyclic amines) is 1. The van der Waals surface area contributed by atoms with Gasteiger partial charge < -0.3 is 20.3 Å². The van der Waals surface area contributed by atoms with E-state index < -0.39 is 17.1 Å². The third-order valence-electron chi connectivity index (χ3n) is 8.84. The Hall–Kier alpha value is -2.58. The summed E-state index contributed by atoms with van der Waals surface area (Å²) in [5.41, 5.74) is 1.06. The number of amides is 1. The van der Waals surface area contributed by atoms with E-state index in [4.69, 9.17) is 4.74 Å². The van der Waals surface area contributed by atoms with Gasteiger partial charge >= 0.3 is 0 Å². The van der Waals surface area contributed by atoms with Crippen LogP contribution in [0.3, 0.4) is 0 Å². The molecule has 8 nitrogen and oxygen atoms in total. The average Bonchev–Trinajstić information content (AvgIpc) is 3.27. The Labute approximate surface area is 186 Å². The molecular formula is C24H28N4O4. The standard InChI is InChI=1S/C24H28N4O4/c29-17-4-3-14-9-18-24(31)6-5-16(27-22(30)15-10-25-26-11-15)21-23(24,19(14)20(17)32-21)7-8-28(18)12-13-1-2-13/h3-4,10-11,13,16,18,21,29,31H,1-2,5-9,12H2,(H,25,26)(H,27,30)/t16-,18+,21-,23-,24+/m0/s1. The lowest BCUT2D eigenvalue weighted by Gasteiger charge is -2.64. The zero-order chi connectivity index (χ0) is 21.7. The third kappa shape index (κ3) is 2.29. The van der Waals surface area contributed by atoms with E-state index in [0.717, 1.165) is 43.0 Å². The molecule has 1 amide bonds. The first kappa shape index (κ1) is 18.9. The molecule has 0 unspecified atom stereocenters. The van der Waals surface area contributed by atoms with Crippen LogP contribution in [0.2, 0.25) is 0 Å². The highest BCUT2D eigenvalue weighted by atomic mass is 16.5. The molecule has 3 fully saturated rings. The fourth-order valence-corrected chi connectivity index (χ4v) is 7.26. The molecule has 1 aromatic heterocycles. The number of hydrogen-bond acceptors (Lipinski definition) is 6. The molecule has 2 aliphatic heterocycles. The highest BCUT2D eigenvalue weighted by Crippen LogP contribution is 2.65. The van der Waals surface area contributed by atoms with E-state index in [9.17, 15) is 15.0 Å². The lowest BCUT2D eigenvalue weighted by atomic mass is 9.48. The van der Waals surface area contributed by atoms with E-state index in [1.807, 2.05) is 6.07 Å². The maximum absolute atomic E-state index is 12.8. The number of benzene rings is 1. The number of rotatable bonds is 4. The van der Waals surface area contributed by atoms with Gasteiger partial charge in [0.1, 0.15) is 6.10 Å². The number of nitrogens with one attached hydrogen (secondary N) is 2. The van der Waals surface area contributed by atoms with Crippen LogP contribution < -0.4 is 10.1 Å². The fraction of sp³-hybridized carbons (Fsp3) is 0.583. The first-order valence-electron chi connectivity index (χ1n) is 11.8. The summed E-state index contributed by atoms with van der Waals surface area (Å²) in [6.07, 6.45) is 8.01. The predicted octanol–water partition coefficient (Wildman–Crippen LogP) is 1.48. The number of hydrogen-bond donors (Lipinski definition) is 4. The molecule has 168 valence electrons. The Balaban J connectivity index is 1.32. The van der Waals surface area contributed by atoms with Gasteiger partial charge in [0.2, 0.25) is 0 Å². The summed E-state index contributed by atoms with van der Waals surface area (Å²) < 4.78 is 6.47. The van der Waals surface area contributed by atoms with E-state index >= 15 is 0 Å². The topological polar surface area (TPSA) is 111 Å². The SMILES string of the molecule is O=C(N[C@H]1CC[C@@]2(O)[C@H]3Cc4ccc(O)c5c4[C@@]2(CCN3CC2CC2)[C@H]1O5)c1cn[nH]c1. The Kier molecular flexibility index (Phi) is 3.71. The summed E-state index contributed by atoms with van der Waals surface area (Å²) in [5, 5.41) is 32.8. The number of nitrogens with zero attached hydrogens (tertiary/aromatic N) is 2. The van der Waals surface area contributed by atoms with Gasteiger partial charge in [-0.25, -0.2) is 0 Å². The number of carbonyl (C=O) groups is 1. The van der Waals surface area contributed by atoms with Crippen LogP contribution in [0.25, 0.3) is 0 Å². The molecule has 7 rings (SSSR count). The number of aromatic amines is 1. The monoisotopic (exact) mass is 436 g/mol. The van der Waals surface area contributed by atoms with E-state index in [2.05, 4.69) is 20.4 Å². The van der Waals surface area contributed by atoms with Gasteiger partial charge in [0.05, 0.1) is 28.8 Å². The van der Waals surface area contributed by atoms with Crippen LogP contribution in [-0.2, 0) is 11.8 Å². The molecule has 2 saturated carbocycles. The molecular weight excluding hydrogens is 408 g/mol. The smallest absolute Gasteiger partial charge is 0.254 e. The van der Waals surface area contributed by atoms with Gasteiger partial charge in [-0.15, -0.1) is 0 Å². The Morgan fingerprint density at radius 3 is 2.97 bits per heavy atom. The summed E-state index contributed by atoms with van der Waals surface area (Å²) in [6, 6.07) is 3.50. The molecule has 1 spiro atoms. The van der Waals surface area contributed by atoms with Gasteiger partial charge in [-0.3, -0.25) is 14.8 Å². The summed E-state index contributed by atoms with van der Waals surface area (Å²) in [7, 11) is 0. The quantitative estimate of drug-likeness (QED) is 0.578. The van der Waals surface area contributed by atoms with Crippen LogP contribution in [-0.4, -0.2) is 68.1 Å². The summed E-state index contributed by atoms with van der Waals surface area (Å²) in [4.78, 5) is 15.4. The molecule has 0 radical (unpaired) electrons. The number of phenolic OH excluding ortho intramolecular Hbond substituents is 1. The lowest BCUT2D eigenvalue weighted by Crippen LogP contribution is -2.78. The van der Waals surface area contributed by atoms with Gasteiger partial charge in [-0.05, 0) is 62.6 Å². The number of H-pyrrole nitrogens is 1. The first-order valence-corrected chi connectivity index (χ1v) is 11.8. The van der Waals surface area contributed by atoms with Crippen LogP contribution >= 0.6 is 0 Å². The van der Waals surface area contributed by atoms with Crippen molar-refractivity contribution < 1.29 is 19.7 Å². The van der Waals surface area contributed by atoms with E-state index in [-0.39, 0.29) is 23.7 Å². The minimum Gasteiger partial charge on any atom is -0.504 e. The number of phenols is 1. The molecule has 3 heterocycles. The third-order valence-corrected chi connectivity index (χ3v) is 8.84. The second kappa shape index (κ2) is 6.26. The number of aromatic nitrogens is 2. The van der Waals surface area contributed by atoms with Crippen molar-refractivity contribution >= 4 is 5.91 Å². The summed E-state index contributed by atoms with van der Waals surface area (Å²) >= 11 is 0. The maximum Gasteiger partial charge on any atom is 0.254 e. The van der Waals surface area contributed by atoms with Crippen LogP contribution in [0.5, 0.6) is 11.5 Å². The molecule has 1 saturated heterocycles. The van der Waals surface area contributed by atoms with E-state index in [0.29, 0.717) is 24.2 Å². The molecule has 4 N–H and O–H groups in total. The second-order valence-electron chi connectivity index (χ2n) is 10.4. The van der Waals surface area contributed by atoms with E-state index in [1.165, 1.54) is 19.0 Å². The summed E-state index contributed by atoms with van der Waals surface area (Å²) in [5.74, 6) is 1.18. The summed E-state index contributed by atoms with van der Waals surface area (Å²) in [6.45, 7) is 1.95. The van der Waals surface area contributed by atoms with Gasteiger partial charge in [-0.2, -0.15) is 5.10 Å². The van der Waals surface area contributed by atoms with Crippen LogP contribution in [0, 0.1) is 5.92 Å². The highest BCUT2D eigenvalue weighted by Gasteiger charge is 2.73. The minimum absolute atomic E-state index is 0.0384. The van der Waals surface area contributed by atoms with E-state index in [1.54, 1.807) is 12.3 Å². The minimum atomic E-state index is -0.937. The van der Waals surface area contributed by atoms with Gasteiger partial charge in [0.25, 0.3) is 5.91 Å². The van der Waals surface area contributed by atoms with Crippen molar-refractivity contribution in [1.82, 2.24) is 20.4 Å². The highest BCUT2D eigenvalue weighted by molar-refractivity contribution is 5.94. The van der Waals surface area contributed by atoms with Gasteiger partial charge in [-0.1, -0.05) is 6.07 Å². The second-order valence-corrected chi connectivity index (χ2v) is 10.4. The average molecular weight is 437 g/mol. The van der Waals surface area contributed by atoms with Crippen molar-refractivity contribution in [2.45, 2.75) is 67.7 Å². The Morgan fingerprint density at radius 2 is 2.19 bits per heavy atom. The van der Waals surface area contributed by atoms with Crippen molar-refractivity contribution in [1.29, 1.82) is 0 Å². The number of carbonyl (C=O) groups excluding carboxylic acids is 1.